The zero-order valence-corrected chi connectivity index (χ0v) is 12.8. The summed E-state index contributed by atoms with van der Waals surface area (Å²) in [4.78, 5) is 2.25. The maximum atomic E-state index is 12.4. The second-order valence-corrected chi connectivity index (χ2v) is 7.62. The fourth-order valence-corrected chi connectivity index (χ4v) is 3.83. The predicted molar refractivity (Wildman–Crippen MR) is 75.2 cm³/mol. The van der Waals surface area contributed by atoms with Crippen LogP contribution in [0.4, 0.5) is 0 Å². The van der Waals surface area contributed by atoms with Crippen LogP contribution >= 0.6 is 0 Å². The zero-order chi connectivity index (χ0) is 13.8. The molecule has 1 atom stereocenters. The Labute approximate surface area is 112 Å². The monoisotopic (exact) mass is 277 g/mol. The van der Waals surface area contributed by atoms with Crippen molar-refractivity contribution < 1.29 is 8.42 Å². The molecule has 1 aliphatic heterocycles. The van der Waals surface area contributed by atoms with Crippen molar-refractivity contribution in [1.29, 1.82) is 0 Å². The molecule has 108 valence electrons. The molecule has 1 N–H and O–H groups in total. The number of likely N-dealkylation sites (tertiary alicyclic amines) is 1. The number of hydrogen-bond acceptors (Lipinski definition) is 4. The van der Waals surface area contributed by atoms with Gasteiger partial charge in [-0.05, 0) is 46.4 Å². The molecule has 0 aromatic heterocycles. The van der Waals surface area contributed by atoms with Crippen molar-refractivity contribution in [3.8, 4) is 0 Å². The summed E-state index contributed by atoms with van der Waals surface area (Å²) in [6.45, 7) is 7.05. The molecule has 0 amide bonds. The lowest BCUT2D eigenvalue weighted by molar-refractivity contribution is 0.197. The van der Waals surface area contributed by atoms with Crippen molar-refractivity contribution in [2.45, 2.75) is 38.0 Å². The molecule has 0 aromatic rings. The maximum absolute atomic E-state index is 12.4. The number of hydrogen-bond donors (Lipinski definition) is 1. The molecule has 18 heavy (non-hydrogen) atoms. The Hall–Kier alpha value is -0.170. The Morgan fingerprint density at radius 2 is 1.94 bits per heavy atom. The highest BCUT2D eigenvalue weighted by molar-refractivity contribution is 7.89. The van der Waals surface area contributed by atoms with E-state index in [-0.39, 0.29) is 11.3 Å². The fraction of sp³-hybridized carbons (Fsp3) is 1.00. The molecule has 1 unspecified atom stereocenters. The minimum absolute atomic E-state index is 0.162. The molecule has 0 spiro atoms. The quantitative estimate of drug-likeness (QED) is 0.761. The zero-order valence-electron chi connectivity index (χ0n) is 12.0. The molecule has 0 bridgehead atoms. The van der Waals surface area contributed by atoms with Crippen molar-refractivity contribution in [2.75, 3.05) is 40.3 Å². The Balaban J connectivity index is 2.60. The molecule has 1 heterocycles. The van der Waals surface area contributed by atoms with Crippen LogP contribution in [0.2, 0.25) is 0 Å². The van der Waals surface area contributed by atoms with Crippen molar-refractivity contribution in [3.05, 3.63) is 0 Å². The van der Waals surface area contributed by atoms with Gasteiger partial charge in [0.05, 0.1) is 5.25 Å². The van der Waals surface area contributed by atoms with E-state index in [2.05, 4.69) is 17.3 Å². The van der Waals surface area contributed by atoms with Crippen molar-refractivity contribution in [1.82, 2.24) is 14.5 Å². The highest BCUT2D eigenvalue weighted by Gasteiger charge is 2.32. The summed E-state index contributed by atoms with van der Waals surface area (Å²) < 4.78 is 26.4. The predicted octanol–water partition coefficient (Wildman–Crippen LogP) is 0.340. The topological polar surface area (TPSA) is 52.7 Å². The summed E-state index contributed by atoms with van der Waals surface area (Å²) in [6.07, 6.45) is 1.86. The highest BCUT2D eigenvalue weighted by atomic mass is 32.2. The van der Waals surface area contributed by atoms with E-state index in [1.807, 2.05) is 6.92 Å². The van der Waals surface area contributed by atoms with Gasteiger partial charge in [-0.1, -0.05) is 6.92 Å². The second-order valence-electron chi connectivity index (χ2n) is 5.21. The minimum Gasteiger partial charge on any atom is -0.316 e. The van der Waals surface area contributed by atoms with Gasteiger partial charge in [-0.25, -0.2) is 12.7 Å². The number of piperidine rings is 1. The summed E-state index contributed by atoms with van der Waals surface area (Å²) in [6, 6.07) is 0.162. The normalized spacial score (nSPS) is 21.4. The standard InChI is InChI=1S/C12H27N3O2S/c1-5-13-10-11(2)18(16,17)15(4)12-6-8-14(3)9-7-12/h11-13H,5-10H2,1-4H3. The van der Waals surface area contributed by atoms with E-state index in [1.165, 1.54) is 0 Å². The molecule has 0 saturated carbocycles. The van der Waals surface area contributed by atoms with E-state index in [0.717, 1.165) is 32.5 Å². The molecule has 0 radical (unpaired) electrons. The van der Waals surface area contributed by atoms with E-state index < -0.39 is 10.0 Å². The first-order valence-corrected chi connectivity index (χ1v) is 8.26. The fourth-order valence-electron chi connectivity index (χ4n) is 2.30. The third-order valence-electron chi connectivity index (χ3n) is 3.79. The van der Waals surface area contributed by atoms with Crippen LogP contribution in [0.25, 0.3) is 0 Å². The summed E-state index contributed by atoms with van der Waals surface area (Å²) in [5.74, 6) is 0. The van der Waals surface area contributed by atoms with Gasteiger partial charge >= 0.3 is 0 Å². The summed E-state index contributed by atoms with van der Waals surface area (Å²) in [5.41, 5.74) is 0. The van der Waals surface area contributed by atoms with Crippen LogP contribution in [-0.4, -0.2) is 69.2 Å². The summed E-state index contributed by atoms with van der Waals surface area (Å²) in [5, 5.41) is 2.75. The molecule has 1 aliphatic rings. The maximum Gasteiger partial charge on any atom is 0.217 e. The molecular formula is C12H27N3O2S. The number of nitrogens with zero attached hydrogens (tertiary/aromatic N) is 2. The van der Waals surface area contributed by atoms with E-state index in [4.69, 9.17) is 0 Å². The third kappa shape index (κ3) is 3.91. The largest absolute Gasteiger partial charge is 0.316 e. The van der Waals surface area contributed by atoms with E-state index in [1.54, 1.807) is 18.3 Å². The SMILES string of the molecule is CCNCC(C)S(=O)(=O)N(C)C1CCN(C)CC1. The van der Waals surface area contributed by atoms with Gasteiger partial charge in [-0.15, -0.1) is 0 Å². The molecule has 1 saturated heterocycles. The summed E-state index contributed by atoms with van der Waals surface area (Å²) in [7, 11) is 0.636. The number of rotatable bonds is 6. The second kappa shape index (κ2) is 6.84. The van der Waals surface area contributed by atoms with Crippen LogP contribution in [0, 0.1) is 0 Å². The first-order chi connectivity index (χ1) is 8.39. The van der Waals surface area contributed by atoms with Crippen molar-refractivity contribution in [2.24, 2.45) is 0 Å². The minimum atomic E-state index is -3.18. The smallest absolute Gasteiger partial charge is 0.217 e. The molecule has 5 nitrogen and oxygen atoms in total. The van der Waals surface area contributed by atoms with Crippen molar-refractivity contribution in [3.63, 3.8) is 0 Å². The molecule has 0 aliphatic carbocycles. The average molecular weight is 277 g/mol. The van der Waals surface area contributed by atoms with Crippen LogP contribution < -0.4 is 5.32 Å². The van der Waals surface area contributed by atoms with Gasteiger partial charge in [-0.2, -0.15) is 0 Å². The highest BCUT2D eigenvalue weighted by Crippen LogP contribution is 2.19. The number of nitrogens with one attached hydrogen (secondary N) is 1. The number of sulfonamides is 1. The van der Waals surface area contributed by atoms with Gasteiger partial charge < -0.3 is 10.2 Å². The Morgan fingerprint density at radius 3 is 2.44 bits per heavy atom. The first-order valence-electron chi connectivity index (χ1n) is 6.75. The molecular weight excluding hydrogens is 250 g/mol. The molecule has 1 fully saturated rings. The van der Waals surface area contributed by atoms with Gasteiger partial charge in [0.1, 0.15) is 0 Å². The lowest BCUT2D eigenvalue weighted by Gasteiger charge is -2.35. The van der Waals surface area contributed by atoms with Gasteiger partial charge in [0.15, 0.2) is 0 Å². The van der Waals surface area contributed by atoms with Gasteiger partial charge in [0, 0.05) is 19.6 Å². The van der Waals surface area contributed by atoms with Crippen LogP contribution in [0.5, 0.6) is 0 Å². The lowest BCUT2D eigenvalue weighted by atomic mass is 10.1. The first kappa shape index (κ1) is 15.9. The van der Waals surface area contributed by atoms with Crippen LogP contribution in [0.3, 0.4) is 0 Å². The van der Waals surface area contributed by atoms with Crippen molar-refractivity contribution >= 4 is 10.0 Å². The Bertz CT molecular complexity index is 337. The van der Waals surface area contributed by atoms with E-state index >= 15 is 0 Å². The molecule has 6 heteroatoms. The van der Waals surface area contributed by atoms with Crippen LogP contribution in [0.15, 0.2) is 0 Å². The van der Waals surface area contributed by atoms with E-state index in [0.29, 0.717) is 6.54 Å². The van der Waals surface area contributed by atoms with Crippen LogP contribution in [-0.2, 0) is 10.0 Å². The molecule has 1 rings (SSSR count). The van der Waals surface area contributed by atoms with Crippen LogP contribution in [0.1, 0.15) is 26.7 Å². The lowest BCUT2D eigenvalue weighted by Crippen LogP contribution is -2.48. The Morgan fingerprint density at radius 1 is 1.39 bits per heavy atom. The van der Waals surface area contributed by atoms with Gasteiger partial charge in [-0.3, -0.25) is 0 Å². The van der Waals surface area contributed by atoms with E-state index in [9.17, 15) is 8.42 Å². The third-order valence-corrected chi connectivity index (χ3v) is 6.08. The van der Waals surface area contributed by atoms with Gasteiger partial charge in [0.25, 0.3) is 0 Å². The molecule has 0 aromatic carbocycles. The Kier molecular flexibility index (Phi) is 6.04. The average Bonchev–Trinajstić information content (AvgIpc) is 2.35. The van der Waals surface area contributed by atoms with Gasteiger partial charge in [0.2, 0.25) is 10.0 Å². The summed E-state index contributed by atoms with van der Waals surface area (Å²) >= 11 is 0.